The van der Waals surface area contributed by atoms with Gasteiger partial charge in [-0.05, 0) is 56.5 Å². The maximum Gasteiger partial charge on any atom is 0.325 e. The first-order valence-electron chi connectivity index (χ1n) is 10.3. The van der Waals surface area contributed by atoms with E-state index >= 15 is 0 Å². The van der Waals surface area contributed by atoms with Crippen LogP contribution in [0.2, 0.25) is 0 Å². The van der Waals surface area contributed by atoms with Gasteiger partial charge in [0.05, 0.1) is 13.7 Å². The van der Waals surface area contributed by atoms with E-state index in [1.54, 1.807) is 12.1 Å². The summed E-state index contributed by atoms with van der Waals surface area (Å²) in [5, 5.41) is 2.93. The molecule has 1 aromatic carbocycles. The molecule has 0 radical (unpaired) electrons. The van der Waals surface area contributed by atoms with Crippen LogP contribution in [0.1, 0.15) is 52.0 Å². The highest BCUT2D eigenvalue weighted by molar-refractivity contribution is 5.85. The quantitative estimate of drug-likeness (QED) is 0.213. The van der Waals surface area contributed by atoms with E-state index < -0.39 is 0 Å². The third-order valence-corrected chi connectivity index (χ3v) is 4.43. The molecule has 0 fully saturated rings. The van der Waals surface area contributed by atoms with Gasteiger partial charge in [0.25, 0.3) is 0 Å². The molecule has 0 unspecified atom stereocenters. The molecule has 1 N–H and O–H groups in total. The molecule has 0 aliphatic rings. The number of amides is 1. The molecule has 0 saturated carbocycles. The van der Waals surface area contributed by atoms with Crippen LogP contribution >= 0.6 is 12.4 Å². The van der Waals surface area contributed by atoms with Crippen molar-refractivity contribution in [3.8, 4) is 11.5 Å². The van der Waals surface area contributed by atoms with Crippen molar-refractivity contribution in [2.45, 2.75) is 53.0 Å². The Morgan fingerprint density at radius 1 is 1.20 bits per heavy atom. The van der Waals surface area contributed by atoms with Crippen molar-refractivity contribution in [3.05, 3.63) is 35.9 Å². The molecule has 170 valence electrons. The maximum atomic E-state index is 12.0. The van der Waals surface area contributed by atoms with Crippen molar-refractivity contribution in [2.75, 3.05) is 27.2 Å². The highest BCUT2D eigenvalue weighted by atomic mass is 35.5. The summed E-state index contributed by atoms with van der Waals surface area (Å²) in [7, 11) is 3.38. The summed E-state index contributed by atoms with van der Waals surface area (Å²) in [5.74, 6) is 1.13. The molecule has 0 aromatic heterocycles. The lowest BCUT2D eigenvalue weighted by atomic mass is 10.1. The number of nitrogens with zero attached hydrogens (tertiary/aromatic N) is 1. The van der Waals surface area contributed by atoms with Crippen LogP contribution in [-0.2, 0) is 16.1 Å². The zero-order valence-electron chi connectivity index (χ0n) is 18.9. The number of carbonyl (C=O) groups excluding carboxylic acids is 2. The molecule has 1 rings (SSSR count). The lowest BCUT2D eigenvalue weighted by Crippen LogP contribution is -2.28. The third-order valence-electron chi connectivity index (χ3n) is 4.43. The number of hydrogen-bond donors (Lipinski definition) is 1. The molecular weight excluding hydrogens is 404 g/mol. The summed E-state index contributed by atoms with van der Waals surface area (Å²) in [4.78, 5) is 25.8. The van der Waals surface area contributed by atoms with Gasteiger partial charge in [0.2, 0.25) is 5.91 Å². The minimum Gasteiger partial charge on any atom is -0.493 e. The number of benzene rings is 1. The third kappa shape index (κ3) is 11.8. The number of rotatable bonds is 13. The summed E-state index contributed by atoms with van der Waals surface area (Å²) >= 11 is 0. The number of hydrogen-bond acceptors (Lipinski definition) is 5. The van der Waals surface area contributed by atoms with Gasteiger partial charge in [-0.15, -0.1) is 12.4 Å². The second-order valence-electron chi connectivity index (χ2n) is 7.48. The van der Waals surface area contributed by atoms with Crippen molar-refractivity contribution < 1.29 is 19.1 Å². The fourth-order valence-electron chi connectivity index (χ4n) is 2.60. The van der Waals surface area contributed by atoms with E-state index in [0.717, 1.165) is 31.4 Å². The summed E-state index contributed by atoms with van der Waals surface area (Å²) in [6.45, 7) is 7.67. The van der Waals surface area contributed by atoms with Crippen molar-refractivity contribution in [1.82, 2.24) is 10.2 Å². The largest absolute Gasteiger partial charge is 0.493 e. The van der Waals surface area contributed by atoms with Gasteiger partial charge >= 0.3 is 5.97 Å². The molecule has 30 heavy (non-hydrogen) atoms. The van der Waals surface area contributed by atoms with E-state index in [1.807, 2.05) is 24.9 Å². The monoisotopic (exact) mass is 440 g/mol. The first kappa shape index (κ1) is 27.9. The van der Waals surface area contributed by atoms with Crippen LogP contribution < -0.4 is 14.8 Å². The molecule has 0 heterocycles. The van der Waals surface area contributed by atoms with Crippen molar-refractivity contribution in [1.29, 1.82) is 0 Å². The average Bonchev–Trinajstić information content (AvgIpc) is 2.69. The fourth-order valence-corrected chi connectivity index (χ4v) is 2.60. The predicted molar refractivity (Wildman–Crippen MR) is 123 cm³/mol. The second-order valence-corrected chi connectivity index (χ2v) is 7.48. The van der Waals surface area contributed by atoms with Crippen LogP contribution in [0.4, 0.5) is 0 Å². The van der Waals surface area contributed by atoms with Gasteiger partial charge in [0.15, 0.2) is 11.5 Å². The SMILES string of the molecule is CCN(C)CC(=O)Oc1ccc(CNC(=O)CCCC/C=C/C(C)C)cc1OC.Cl. The number of nitrogens with one attached hydrogen (secondary N) is 1. The summed E-state index contributed by atoms with van der Waals surface area (Å²) in [6, 6.07) is 5.31. The standard InChI is InChI=1S/C23H36N2O4.ClH/c1-6-25(4)17-23(27)29-20-14-13-19(15-21(20)28-5)16-24-22(26)12-10-8-7-9-11-18(2)3;/h9,11,13-15,18H,6-8,10,12,16-17H2,1-5H3,(H,24,26);1H/b11-9+;. The van der Waals surface area contributed by atoms with Gasteiger partial charge in [-0.1, -0.05) is 39.0 Å². The van der Waals surface area contributed by atoms with E-state index in [1.165, 1.54) is 7.11 Å². The molecular formula is C23H37ClN2O4. The summed E-state index contributed by atoms with van der Waals surface area (Å²) in [6.07, 6.45) is 7.79. The highest BCUT2D eigenvalue weighted by Crippen LogP contribution is 2.28. The fraction of sp³-hybridized carbons (Fsp3) is 0.565. The normalized spacial score (nSPS) is 10.9. The van der Waals surface area contributed by atoms with Gasteiger partial charge in [-0.2, -0.15) is 0 Å². The highest BCUT2D eigenvalue weighted by Gasteiger charge is 2.13. The van der Waals surface area contributed by atoms with Gasteiger partial charge in [0.1, 0.15) is 0 Å². The maximum absolute atomic E-state index is 12.0. The molecule has 0 aliphatic carbocycles. The van der Waals surface area contributed by atoms with Crippen LogP contribution in [0.3, 0.4) is 0 Å². The Morgan fingerprint density at radius 3 is 2.57 bits per heavy atom. The van der Waals surface area contributed by atoms with Crippen LogP contribution in [0.15, 0.2) is 30.4 Å². The zero-order chi connectivity index (χ0) is 21.6. The number of unbranched alkanes of at least 4 members (excludes halogenated alkanes) is 2. The van der Waals surface area contributed by atoms with E-state index in [0.29, 0.717) is 30.4 Å². The van der Waals surface area contributed by atoms with E-state index in [9.17, 15) is 9.59 Å². The Morgan fingerprint density at radius 2 is 1.93 bits per heavy atom. The lowest BCUT2D eigenvalue weighted by molar-refractivity contribution is -0.135. The molecule has 0 aliphatic heterocycles. The van der Waals surface area contributed by atoms with Crippen LogP contribution in [0.25, 0.3) is 0 Å². The Kier molecular flexibility index (Phi) is 14.7. The zero-order valence-corrected chi connectivity index (χ0v) is 19.7. The number of esters is 1. The molecule has 0 spiro atoms. The molecule has 0 atom stereocenters. The topological polar surface area (TPSA) is 67.9 Å². The number of likely N-dealkylation sites (N-methyl/N-ethyl adjacent to an activating group) is 1. The van der Waals surface area contributed by atoms with Crippen LogP contribution in [0.5, 0.6) is 11.5 Å². The molecule has 0 saturated heterocycles. The minimum atomic E-state index is -0.336. The Labute approximate surface area is 187 Å². The van der Waals surface area contributed by atoms with Gasteiger partial charge in [-0.3, -0.25) is 14.5 Å². The first-order chi connectivity index (χ1) is 13.8. The molecule has 6 nitrogen and oxygen atoms in total. The molecule has 1 aromatic rings. The number of allylic oxidation sites excluding steroid dienone is 2. The van der Waals surface area contributed by atoms with Crippen molar-refractivity contribution >= 4 is 24.3 Å². The van der Waals surface area contributed by atoms with Crippen LogP contribution in [0, 0.1) is 5.92 Å². The molecule has 0 bridgehead atoms. The van der Waals surface area contributed by atoms with E-state index in [2.05, 4.69) is 31.3 Å². The van der Waals surface area contributed by atoms with Gasteiger partial charge in [0, 0.05) is 13.0 Å². The smallest absolute Gasteiger partial charge is 0.325 e. The van der Waals surface area contributed by atoms with Crippen molar-refractivity contribution in [3.63, 3.8) is 0 Å². The van der Waals surface area contributed by atoms with Gasteiger partial charge in [-0.25, -0.2) is 0 Å². The van der Waals surface area contributed by atoms with E-state index in [4.69, 9.17) is 9.47 Å². The van der Waals surface area contributed by atoms with Crippen molar-refractivity contribution in [2.24, 2.45) is 5.92 Å². The Hall–Kier alpha value is -2.05. The predicted octanol–water partition coefficient (Wildman–Crippen LogP) is 4.36. The average molecular weight is 441 g/mol. The molecule has 7 heteroatoms. The van der Waals surface area contributed by atoms with E-state index in [-0.39, 0.29) is 30.8 Å². The first-order valence-corrected chi connectivity index (χ1v) is 10.3. The summed E-state index contributed by atoms with van der Waals surface area (Å²) in [5.41, 5.74) is 0.889. The summed E-state index contributed by atoms with van der Waals surface area (Å²) < 4.78 is 10.7. The Balaban J connectivity index is 0.00000841. The molecule has 1 amide bonds. The Bertz CT molecular complexity index is 677. The second kappa shape index (κ2) is 15.7. The lowest BCUT2D eigenvalue weighted by Gasteiger charge is -2.15. The number of carbonyl (C=O) groups is 2. The number of halogens is 1. The number of methoxy groups -OCH3 is 1. The van der Waals surface area contributed by atoms with Crippen LogP contribution in [-0.4, -0.2) is 44.0 Å². The number of ether oxygens (including phenoxy) is 2. The minimum absolute atomic E-state index is 0. The van der Waals surface area contributed by atoms with Gasteiger partial charge < -0.3 is 14.8 Å².